The molecule has 17 nitrogen and oxygen atoms in total. The molecule has 558 valence electrons. The van der Waals surface area contributed by atoms with Crippen LogP contribution in [0.25, 0.3) is 0 Å². The molecule has 3 N–H and O–H groups in total. The minimum absolute atomic E-state index is 0.105. The zero-order valence-corrected chi connectivity index (χ0v) is 63.4. The van der Waals surface area contributed by atoms with Crippen LogP contribution < -0.4 is 0 Å². The smallest absolute Gasteiger partial charge is 0.462 e. The van der Waals surface area contributed by atoms with E-state index in [0.29, 0.717) is 25.7 Å². The second-order valence-corrected chi connectivity index (χ2v) is 31.4. The Kier molecular flexibility index (Phi) is 63.1. The molecule has 19 heteroatoms. The maximum absolute atomic E-state index is 13.1. The van der Waals surface area contributed by atoms with Crippen LogP contribution in [0, 0.1) is 23.7 Å². The highest BCUT2D eigenvalue weighted by Crippen LogP contribution is 2.45. The van der Waals surface area contributed by atoms with E-state index in [-0.39, 0.29) is 25.7 Å². The van der Waals surface area contributed by atoms with Crippen molar-refractivity contribution >= 4 is 39.5 Å². The summed E-state index contributed by atoms with van der Waals surface area (Å²) >= 11 is 0. The number of carbonyl (C=O) groups is 4. The Hall–Kier alpha value is -1.94. The molecular formula is C75H146O17P2. The fourth-order valence-corrected chi connectivity index (χ4v) is 12.9. The highest BCUT2D eigenvalue weighted by Gasteiger charge is 2.30. The molecule has 0 fully saturated rings. The van der Waals surface area contributed by atoms with Crippen LogP contribution in [-0.4, -0.2) is 96.7 Å². The van der Waals surface area contributed by atoms with Gasteiger partial charge in [0.2, 0.25) is 0 Å². The number of aliphatic hydroxyl groups excluding tert-OH is 1. The van der Waals surface area contributed by atoms with E-state index < -0.39 is 97.5 Å². The zero-order valence-electron chi connectivity index (χ0n) is 61.6. The van der Waals surface area contributed by atoms with Crippen molar-refractivity contribution in [1.29, 1.82) is 0 Å². The summed E-state index contributed by atoms with van der Waals surface area (Å²) in [6.45, 7) is 14.2. The van der Waals surface area contributed by atoms with Crippen LogP contribution in [-0.2, 0) is 65.4 Å². The first-order valence-electron chi connectivity index (χ1n) is 38.8. The third-order valence-electron chi connectivity index (χ3n) is 18.0. The number of ether oxygens (including phenoxy) is 4. The number of hydrogen-bond donors (Lipinski definition) is 3. The molecule has 0 saturated heterocycles. The van der Waals surface area contributed by atoms with Gasteiger partial charge in [0.05, 0.1) is 26.4 Å². The summed E-state index contributed by atoms with van der Waals surface area (Å²) in [5.41, 5.74) is 0. The van der Waals surface area contributed by atoms with Gasteiger partial charge in [-0.1, -0.05) is 325 Å². The highest BCUT2D eigenvalue weighted by molar-refractivity contribution is 7.47. The Morgan fingerprint density at radius 1 is 0.298 bits per heavy atom. The lowest BCUT2D eigenvalue weighted by Crippen LogP contribution is -2.30. The standard InChI is InChI=1S/C75H146O17P2/c1-9-67(7)53-45-37-29-21-14-16-23-31-39-47-55-72(77)85-61-70(91-74(79)57-49-41-33-24-13-11-12-19-27-35-43-51-65(3)4)63-89-93(81,82)87-59-69(76)60-88-94(83,84)90-64-71(62-86-73(78)56-48-40-32-26-18-20-28-36-44-52-66(5)6)92-75(80)58-50-42-34-25-17-15-22-30-38-46-54-68(8)10-2/h65-71,76H,9-64H2,1-8H3,(H,81,82)(H,83,84)/t67?,68?,69-,70-,71-/m1/s1. The van der Waals surface area contributed by atoms with Crippen LogP contribution in [0.4, 0.5) is 0 Å². The third-order valence-corrected chi connectivity index (χ3v) is 19.9. The van der Waals surface area contributed by atoms with Crippen LogP contribution in [0.5, 0.6) is 0 Å². The Morgan fingerprint density at radius 3 is 0.755 bits per heavy atom. The zero-order chi connectivity index (χ0) is 69.6. The molecule has 0 amide bonds. The highest BCUT2D eigenvalue weighted by atomic mass is 31.2. The molecule has 0 aliphatic heterocycles. The average molecular weight is 1380 g/mol. The molecule has 4 unspecified atom stereocenters. The van der Waals surface area contributed by atoms with Gasteiger partial charge in [-0.25, -0.2) is 9.13 Å². The van der Waals surface area contributed by atoms with Gasteiger partial charge in [0.15, 0.2) is 12.2 Å². The molecule has 0 rings (SSSR count). The van der Waals surface area contributed by atoms with E-state index >= 15 is 0 Å². The van der Waals surface area contributed by atoms with Gasteiger partial charge in [0, 0.05) is 25.7 Å². The number of phosphoric acid groups is 2. The topological polar surface area (TPSA) is 237 Å². The van der Waals surface area contributed by atoms with E-state index in [1.807, 2.05) is 0 Å². The second-order valence-electron chi connectivity index (χ2n) is 28.5. The van der Waals surface area contributed by atoms with Crippen molar-refractivity contribution in [3.63, 3.8) is 0 Å². The lowest BCUT2D eigenvalue weighted by molar-refractivity contribution is -0.161. The summed E-state index contributed by atoms with van der Waals surface area (Å²) in [5, 5.41) is 10.6. The number of hydrogen-bond acceptors (Lipinski definition) is 15. The van der Waals surface area contributed by atoms with Gasteiger partial charge in [0.25, 0.3) is 0 Å². The Labute approximate surface area is 575 Å². The normalized spacial score (nSPS) is 14.7. The summed E-state index contributed by atoms with van der Waals surface area (Å²) in [6, 6.07) is 0. The van der Waals surface area contributed by atoms with Gasteiger partial charge in [-0.2, -0.15) is 0 Å². The number of unbranched alkanes of at least 4 members (excludes halogenated alkanes) is 36. The third kappa shape index (κ3) is 66.0. The van der Waals surface area contributed by atoms with Gasteiger partial charge in [-0.05, 0) is 49.4 Å². The van der Waals surface area contributed by atoms with Gasteiger partial charge in [-0.3, -0.25) is 37.3 Å². The van der Waals surface area contributed by atoms with Crippen LogP contribution in [0.2, 0.25) is 0 Å². The van der Waals surface area contributed by atoms with Gasteiger partial charge < -0.3 is 33.8 Å². The van der Waals surface area contributed by atoms with Crippen LogP contribution >= 0.6 is 15.6 Å². The lowest BCUT2D eigenvalue weighted by Gasteiger charge is -2.21. The fraction of sp³-hybridized carbons (Fsp3) is 0.947. The van der Waals surface area contributed by atoms with Gasteiger partial charge in [-0.15, -0.1) is 0 Å². The molecule has 0 aromatic heterocycles. The Balaban J connectivity index is 5.29. The monoisotopic (exact) mass is 1380 g/mol. The maximum Gasteiger partial charge on any atom is 0.472 e. The number of aliphatic hydroxyl groups is 1. The van der Waals surface area contributed by atoms with E-state index in [1.165, 1.54) is 180 Å². The summed E-state index contributed by atoms with van der Waals surface area (Å²) < 4.78 is 68.5. The quantitative estimate of drug-likeness (QED) is 0.0222. The first kappa shape index (κ1) is 92.1. The summed E-state index contributed by atoms with van der Waals surface area (Å²) in [5.74, 6) is 1.00. The van der Waals surface area contributed by atoms with Crippen LogP contribution in [0.15, 0.2) is 0 Å². The molecule has 94 heavy (non-hydrogen) atoms. The lowest BCUT2D eigenvalue weighted by atomic mass is 9.99. The molecule has 0 aliphatic rings. The van der Waals surface area contributed by atoms with Crippen LogP contribution in [0.1, 0.15) is 376 Å². The van der Waals surface area contributed by atoms with Crippen molar-refractivity contribution in [2.24, 2.45) is 23.7 Å². The van der Waals surface area contributed by atoms with Crippen LogP contribution in [0.3, 0.4) is 0 Å². The molecule has 7 atom stereocenters. The number of phosphoric ester groups is 2. The van der Waals surface area contributed by atoms with E-state index in [4.69, 9.17) is 37.0 Å². The van der Waals surface area contributed by atoms with Gasteiger partial charge in [0.1, 0.15) is 19.3 Å². The largest absolute Gasteiger partial charge is 0.472 e. The predicted molar refractivity (Wildman–Crippen MR) is 381 cm³/mol. The molecule has 0 bridgehead atoms. The maximum atomic E-state index is 13.1. The first-order chi connectivity index (χ1) is 45.2. The molecule has 0 heterocycles. The Morgan fingerprint density at radius 2 is 0.511 bits per heavy atom. The fourth-order valence-electron chi connectivity index (χ4n) is 11.3. The average Bonchev–Trinajstić information content (AvgIpc) is 1.99. The summed E-state index contributed by atoms with van der Waals surface area (Å²) in [7, 11) is -9.91. The van der Waals surface area contributed by atoms with Crippen molar-refractivity contribution in [2.75, 3.05) is 39.6 Å². The number of rotatable bonds is 72. The molecule has 0 aromatic carbocycles. The van der Waals surface area contributed by atoms with Crippen molar-refractivity contribution < 1.29 is 80.2 Å². The van der Waals surface area contributed by atoms with E-state index in [2.05, 4.69) is 55.4 Å². The first-order valence-corrected chi connectivity index (χ1v) is 41.8. The van der Waals surface area contributed by atoms with Crippen molar-refractivity contribution in [2.45, 2.75) is 395 Å². The molecule has 0 aliphatic carbocycles. The summed E-state index contributed by atoms with van der Waals surface area (Å²) in [4.78, 5) is 72.8. The van der Waals surface area contributed by atoms with Crippen molar-refractivity contribution in [3.05, 3.63) is 0 Å². The number of carbonyl (C=O) groups excluding carboxylic acids is 4. The molecular weight excluding hydrogens is 1230 g/mol. The van der Waals surface area contributed by atoms with Gasteiger partial charge >= 0.3 is 39.5 Å². The molecule has 0 spiro atoms. The molecule has 0 aromatic rings. The minimum atomic E-state index is -4.96. The van der Waals surface area contributed by atoms with E-state index in [9.17, 15) is 43.2 Å². The second kappa shape index (κ2) is 64.4. The molecule has 0 saturated carbocycles. The van der Waals surface area contributed by atoms with Crippen molar-refractivity contribution in [1.82, 2.24) is 0 Å². The van der Waals surface area contributed by atoms with E-state index in [1.54, 1.807) is 0 Å². The minimum Gasteiger partial charge on any atom is -0.462 e. The SMILES string of the molecule is CCC(C)CCCCCCCCCCCCC(=O)OC[C@H](COP(=O)(O)OC[C@@H](O)COP(=O)(O)OC[C@@H](COC(=O)CCCCCCCCCCCC(C)C)OC(=O)CCCCCCCCCCCCC(C)CC)OC(=O)CCCCCCCCCCCCCC(C)C. The Bertz CT molecular complexity index is 1850. The van der Waals surface area contributed by atoms with E-state index in [0.717, 1.165) is 114 Å². The van der Waals surface area contributed by atoms with Crippen molar-refractivity contribution in [3.8, 4) is 0 Å². The molecule has 0 radical (unpaired) electrons. The number of esters is 4. The summed E-state index contributed by atoms with van der Waals surface area (Å²) in [6.07, 6.45) is 48.3. The predicted octanol–water partition coefficient (Wildman–Crippen LogP) is 21.7.